The van der Waals surface area contributed by atoms with Gasteiger partial charge in [-0.3, -0.25) is 9.59 Å². The quantitative estimate of drug-likeness (QED) is 0.642. The third kappa shape index (κ3) is 5.58. The van der Waals surface area contributed by atoms with Crippen LogP contribution in [0.5, 0.6) is 11.6 Å². The molecule has 2 fully saturated rings. The van der Waals surface area contributed by atoms with Crippen molar-refractivity contribution in [3.05, 3.63) is 30.0 Å². The van der Waals surface area contributed by atoms with Crippen molar-refractivity contribution in [1.82, 2.24) is 10.3 Å². The summed E-state index contributed by atoms with van der Waals surface area (Å²) >= 11 is 0. The second kappa shape index (κ2) is 9.73. The predicted octanol–water partition coefficient (Wildman–Crippen LogP) is 1.16. The summed E-state index contributed by atoms with van der Waals surface area (Å²) in [6, 6.07) is 5.18. The molecular weight excluding hydrogens is 390 g/mol. The Balaban J connectivity index is 0.000000448. The first-order valence-corrected chi connectivity index (χ1v) is 9.90. The molecule has 4 N–H and O–H groups in total. The van der Waals surface area contributed by atoms with Gasteiger partial charge >= 0.3 is 0 Å². The molecule has 1 aromatic heterocycles. The van der Waals surface area contributed by atoms with Crippen molar-refractivity contribution in [1.29, 1.82) is 0 Å². The van der Waals surface area contributed by atoms with Gasteiger partial charge in [0.25, 0.3) is 5.91 Å². The number of nitrogens with one attached hydrogen (secondary N) is 1. The number of nitrogens with zero attached hydrogens (tertiary/aromatic N) is 1. The van der Waals surface area contributed by atoms with Gasteiger partial charge in [0.1, 0.15) is 18.5 Å². The summed E-state index contributed by atoms with van der Waals surface area (Å²) in [7, 11) is 0. The summed E-state index contributed by atoms with van der Waals surface area (Å²) in [5, 5.41) is 12.7. The number of hydrogen-bond acceptors (Lipinski definition) is 7. The molecule has 2 aromatic rings. The van der Waals surface area contributed by atoms with E-state index < -0.39 is 5.91 Å². The number of carbonyl (C=O) groups is 2. The molecule has 0 radical (unpaired) electrons. The number of nitrogens with two attached hydrogens (primary N) is 1. The smallest absolute Gasteiger partial charge is 0.252 e. The molecule has 1 atom stereocenters. The molecule has 2 amide bonds. The molecule has 4 rings (SSSR count). The molecule has 162 valence electrons. The molecule has 0 saturated carbocycles. The lowest BCUT2D eigenvalue weighted by atomic mass is 10.1. The van der Waals surface area contributed by atoms with E-state index in [4.69, 9.17) is 20.3 Å². The highest BCUT2D eigenvalue weighted by Gasteiger charge is 2.22. The molecule has 2 aliphatic rings. The Morgan fingerprint density at radius 3 is 2.67 bits per heavy atom. The summed E-state index contributed by atoms with van der Waals surface area (Å²) in [6.45, 7) is 5.17. The van der Waals surface area contributed by atoms with E-state index >= 15 is 0 Å². The normalized spacial score (nSPS) is 18.4. The van der Waals surface area contributed by atoms with Gasteiger partial charge in [-0.2, -0.15) is 0 Å². The van der Waals surface area contributed by atoms with Crippen LogP contribution in [0.4, 0.5) is 0 Å². The number of aliphatic hydroxyl groups is 1. The number of pyridine rings is 1. The maximum absolute atomic E-state index is 11.7. The second-order valence-electron chi connectivity index (χ2n) is 7.52. The summed E-state index contributed by atoms with van der Waals surface area (Å²) in [4.78, 5) is 27.3. The molecule has 2 saturated heterocycles. The van der Waals surface area contributed by atoms with E-state index in [0.29, 0.717) is 43.4 Å². The molecule has 3 heterocycles. The third-order valence-electron chi connectivity index (χ3n) is 4.58. The van der Waals surface area contributed by atoms with Crippen LogP contribution >= 0.6 is 0 Å². The van der Waals surface area contributed by atoms with Crippen LogP contribution in [0.25, 0.3) is 10.8 Å². The van der Waals surface area contributed by atoms with Crippen molar-refractivity contribution >= 4 is 22.6 Å². The van der Waals surface area contributed by atoms with E-state index in [9.17, 15) is 9.59 Å². The van der Waals surface area contributed by atoms with E-state index in [1.165, 1.54) is 0 Å². The minimum atomic E-state index is -0.550. The number of hydrogen-bond donors (Lipinski definition) is 3. The van der Waals surface area contributed by atoms with Crippen molar-refractivity contribution in [2.45, 2.75) is 44.9 Å². The van der Waals surface area contributed by atoms with Gasteiger partial charge in [0.05, 0.1) is 30.9 Å². The van der Waals surface area contributed by atoms with Gasteiger partial charge in [-0.15, -0.1) is 0 Å². The molecule has 9 heteroatoms. The summed E-state index contributed by atoms with van der Waals surface area (Å²) in [5.41, 5.74) is 5.79. The highest BCUT2D eigenvalue weighted by atomic mass is 16.5. The fourth-order valence-corrected chi connectivity index (χ4v) is 3.04. The number of fused-ring (bicyclic) bond motifs is 1. The van der Waals surface area contributed by atoms with Gasteiger partial charge in [0, 0.05) is 18.0 Å². The Bertz CT molecular complexity index is 913. The molecule has 2 aliphatic heterocycles. The van der Waals surface area contributed by atoms with Crippen molar-refractivity contribution in [2.75, 3.05) is 19.8 Å². The van der Waals surface area contributed by atoms with Gasteiger partial charge in [-0.25, -0.2) is 4.98 Å². The van der Waals surface area contributed by atoms with Crippen LogP contribution in [-0.4, -0.2) is 60.0 Å². The number of rotatable bonds is 6. The Kier molecular flexibility index (Phi) is 7.07. The zero-order chi connectivity index (χ0) is 21.7. The number of primary amides is 1. The van der Waals surface area contributed by atoms with Gasteiger partial charge in [-0.1, -0.05) is 0 Å². The number of aromatic nitrogens is 1. The van der Waals surface area contributed by atoms with Crippen molar-refractivity contribution in [2.24, 2.45) is 5.73 Å². The monoisotopic (exact) mass is 417 g/mol. The van der Waals surface area contributed by atoms with Gasteiger partial charge < -0.3 is 30.4 Å². The standard InChI is InChI=1S/C18H21N3O4.C3H6O2/c1-10(2)25-15-8-13-11(7-14(15)17(19)23)5-6-20-18(13)24-9-12-3-4-16(22)21-12;4-3-1-5-2-3/h5-8,10,12H,3-4,9H2,1-2H3,(H2,19,23)(H,21,22);3-4H,1-2H2. The number of carbonyl (C=O) groups excluding carboxylic acids is 2. The van der Waals surface area contributed by atoms with Crippen LogP contribution in [0.3, 0.4) is 0 Å². The van der Waals surface area contributed by atoms with Crippen molar-refractivity contribution < 1.29 is 28.9 Å². The van der Waals surface area contributed by atoms with Crippen LogP contribution < -0.4 is 20.5 Å². The number of aliphatic hydroxyl groups excluding tert-OH is 1. The zero-order valence-electron chi connectivity index (χ0n) is 17.1. The maximum atomic E-state index is 11.7. The molecule has 0 spiro atoms. The van der Waals surface area contributed by atoms with Crippen LogP contribution in [0.15, 0.2) is 24.4 Å². The van der Waals surface area contributed by atoms with Crippen LogP contribution in [0, 0.1) is 0 Å². The lowest BCUT2D eigenvalue weighted by Crippen LogP contribution is -2.32. The van der Waals surface area contributed by atoms with Gasteiger partial charge in [-0.05, 0) is 43.9 Å². The molecule has 0 aliphatic carbocycles. The predicted molar refractivity (Wildman–Crippen MR) is 110 cm³/mol. The molecular formula is C21H27N3O6. The minimum absolute atomic E-state index is 0.0131. The average molecular weight is 417 g/mol. The third-order valence-corrected chi connectivity index (χ3v) is 4.58. The minimum Gasteiger partial charge on any atom is -0.490 e. The molecule has 9 nitrogen and oxygen atoms in total. The highest BCUT2D eigenvalue weighted by Crippen LogP contribution is 2.31. The Morgan fingerprint density at radius 2 is 2.13 bits per heavy atom. The average Bonchev–Trinajstić information content (AvgIpc) is 3.09. The largest absolute Gasteiger partial charge is 0.490 e. The van der Waals surface area contributed by atoms with E-state index in [1.807, 2.05) is 13.8 Å². The van der Waals surface area contributed by atoms with E-state index in [2.05, 4.69) is 15.0 Å². The van der Waals surface area contributed by atoms with Gasteiger partial charge in [0.2, 0.25) is 11.8 Å². The Hall–Kier alpha value is -2.91. The molecule has 1 aromatic carbocycles. The zero-order valence-corrected chi connectivity index (χ0v) is 17.1. The van der Waals surface area contributed by atoms with Crippen LogP contribution in [0.2, 0.25) is 0 Å². The number of benzene rings is 1. The first-order chi connectivity index (χ1) is 14.3. The first-order valence-electron chi connectivity index (χ1n) is 9.90. The first kappa shape index (κ1) is 21.8. The van der Waals surface area contributed by atoms with E-state index in [1.54, 1.807) is 24.4 Å². The second-order valence-corrected chi connectivity index (χ2v) is 7.52. The van der Waals surface area contributed by atoms with Crippen molar-refractivity contribution in [3.8, 4) is 11.6 Å². The van der Waals surface area contributed by atoms with E-state index in [0.717, 1.165) is 17.2 Å². The lowest BCUT2D eigenvalue weighted by molar-refractivity contribution is -0.119. The number of ether oxygens (including phenoxy) is 3. The summed E-state index contributed by atoms with van der Waals surface area (Å²) in [5.74, 6) is 0.328. The topological polar surface area (TPSA) is 133 Å². The fourth-order valence-electron chi connectivity index (χ4n) is 3.04. The fraction of sp³-hybridized carbons (Fsp3) is 0.476. The summed E-state index contributed by atoms with van der Waals surface area (Å²) in [6.07, 6.45) is 2.61. The highest BCUT2D eigenvalue weighted by molar-refractivity contribution is 6.01. The SMILES string of the molecule is CC(C)Oc1cc2c(OCC3CCC(=O)N3)nccc2cc1C(N)=O.OC1COC1. The maximum Gasteiger partial charge on any atom is 0.252 e. The van der Waals surface area contributed by atoms with Crippen molar-refractivity contribution in [3.63, 3.8) is 0 Å². The van der Waals surface area contributed by atoms with Crippen LogP contribution in [-0.2, 0) is 9.53 Å². The lowest BCUT2D eigenvalue weighted by Gasteiger charge is -2.18. The summed E-state index contributed by atoms with van der Waals surface area (Å²) < 4.78 is 16.1. The molecule has 0 bridgehead atoms. The molecule has 30 heavy (non-hydrogen) atoms. The molecule has 1 unspecified atom stereocenters. The Labute approximate surface area is 174 Å². The van der Waals surface area contributed by atoms with Crippen LogP contribution in [0.1, 0.15) is 37.0 Å². The number of amides is 2. The van der Waals surface area contributed by atoms with Gasteiger partial charge in [0.15, 0.2) is 0 Å². The Morgan fingerprint density at radius 1 is 1.40 bits per heavy atom. The van der Waals surface area contributed by atoms with E-state index in [-0.39, 0.29) is 24.2 Å².